The monoisotopic (exact) mass is 325 g/mol. The Balaban J connectivity index is 1.76. The zero-order valence-corrected chi connectivity index (χ0v) is 14.4. The van der Waals surface area contributed by atoms with E-state index < -0.39 is 5.54 Å². The van der Waals surface area contributed by atoms with Crippen LogP contribution in [0.3, 0.4) is 0 Å². The van der Waals surface area contributed by atoms with Gasteiger partial charge in [-0.25, -0.2) is 9.78 Å². The summed E-state index contributed by atoms with van der Waals surface area (Å²) in [5.74, 6) is 0. The molecule has 0 spiro atoms. The number of fused-ring (bicyclic) bond motifs is 1. The number of urea groups is 1. The maximum absolute atomic E-state index is 11.9. The van der Waals surface area contributed by atoms with E-state index in [1.54, 1.807) is 11.3 Å². The summed E-state index contributed by atoms with van der Waals surface area (Å²) in [6.07, 6.45) is 7.23. The van der Waals surface area contributed by atoms with E-state index in [2.05, 4.69) is 15.6 Å². The van der Waals surface area contributed by atoms with E-state index in [1.807, 2.05) is 13.8 Å². The molecule has 2 rings (SSSR count). The number of aliphatic hydroxyl groups is 1. The molecular weight excluding hydrogens is 298 g/mol. The Kier molecular flexibility index (Phi) is 6.20. The quantitative estimate of drug-likeness (QED) is 0.721. The smallest absolute Gasteiger partial charge is 0.315 e. The molecule has 5 nitrogen and oxygen atoms in total. The van der Waals surface area contributed by atoms with E-state index in [0.717, 1.165) is 37.1 Å². The number of aryl methyl sites for hydroxylation is 2. The van der Waals surface area contributed by atoms with Crippen LogP contribution in [0.1, 0.15) is 55.1 Å². The zero-order chi connectivity index (χ0) is 16.0. The molecule has 124 valence electrons. The van der Waals surface area contributed by atoms with Gasteiger partial charge in [-0.15, -0.1) is 11.3 Å². The van der Waals surface area contributed by atoms with Crippen molar-refractivity contribution < 1.29 is 9.90 Å². The first-order valence-corrected chi connectivity index (χ1v) is 9.02. The Morgan fingerprint density at radius 2 is 2.18 bits per heavy atom. The molecule has 0 saturated carbocycles. The number of carbonyl (C=O) groups is 1. The SMILES string of the molecule is CCCC(C)(CO)NC(=O)NCCc1nc2c(s1)CCCC2. The summed E-state index contributed by atoms with van der Waals surface area (Å²) in [7, 11) is 0. The van der Waals surface area contributed by atoms with Crippen LogP contribution in [-0.2, 0) is 19.3 Å². The lowest BCUT2D eigenvalue weighted by molar-refractivity contribution is 0.163. The number of hydrogen-bond donors (Lipinski definition) is 3. The van der Waals surface area contributed by atoms with Gasteiger partial charge in [0.05, 0.1) is 22.8 Å². The van der Waals surface area contributed by atoms with Crippen molar-refractivity contribution >= 4 is 17.4 Å². The molecule has 0 saturated heterocycles. The third kappa shape index (κ3) is 4.68. The number of nitrogens with one attached hydrogen (secondary N) is 2. The van der Waals surface area contributed by atoms with Crippen LogP contribution in [-0.4, -0.2) is 34.8 Å². The molecule has 1 unspecified atom stereocenters. The minimum Gasteiger partial charge on any atom is -0.394 e. The van der Waals surface area contributed by atoms with E-state index in [0.29, 0.717) is 6.54 Å². The summed E-state index contributed by atoms with van der Waals surface area (Å²) in [5, 5.41) is 16.3. The minimum absolute atomic E-state index is 0.0482. The maximum Gasteiger partial charge on any atom is 0.315 e. The third-order valence-electron chi connectivity index (χ3n) is 4.08. The maximum atomic E-state index is 11.9. The van der Waals surface area contributed by atoms with Gasteiger partial charge in [0.2, 0.25) is 0 Å². The highest BCUT2D eigenvalue weighted by Gasteiger charge is 2.24. The number of rotatable bonds is 7. The molecule has 2 amide bonds. The van der Waals surface area contributed by atoms with Crippen LogP contribution in [0.4, 0.5) is 4.79 Å². The summed E-state index contributed by atoms with van der Waals surface area (Å²) in [6, 6.07) is -0.216. The molecule has 1 atom stereocenters. The second-order valence-corrected chi connectivity index (χ2v) is 7.45. The second kappa shape index (κ2) is 7.92. The molecule has 0 aromatic carbocycles. The average Bonchev–Trinajstić information content (AvgIpc) is 2.90. The standard InChI is InChI=1S/C16H27N3O2S/c1-3-9-16(2,11-20)19-15(21)17-10-8-14-18-12-6-4-5-7-13(12)22-14/h20H,3-11H2,1-2H3,(H2,17,19,21). The number of thiazole rings is 1. The van der Waals surface area contributed by atoms with Gasteiger partial charge >= 0.3 is 6.03 Å². The lowest BCUT2D eigenvalue weighted by Crippen LogP contribution is -2.52. The van der Waals surface area contributed by atoms with Crippen molar-refractivity contribution in [2.75, 3.05) is 13.2 Å². The normalized spacial score (nSPS) is 16.7. The summed E-state index contributed by atoms with van der Waals surface area (Å²) < 4.78 is 0. The molecule has 1 heterocycles. The first kappa shape index (κ1) is 17.2. The number of aliphatic hydroxyl groups excluding tert-OH is 1. The third-order valence-corrected chi connectivity index (χ3v) is 5.30. The number of carbonyl (C=O) groups excluding carboxylic acids is 1. The molecular formula is C16H27N3O2S. The Bertz CT molecular complexity index is 480. The van der Waals surface area contributed by atoms with Crippen molar-refractivity contribution in [3.63, 3.8) is 0 Å². The van der Waals surface area contributed by atoms with E-state index in [1.165, 1.54) is 23.4 Å². The molecule has 0 fully saturated rings. The Labute approximate surface area is 136 Å². The topological polar surface area (TPSA) is 74.2 Å². The zero-order valence-electron chi connectivity index (χ0n) is 13.6. The van der Waals surface area contributed by atoms with E-state index in [-0.39, 0.29) is 12.6 Å². The second-order valence-electron chi connectivity index (χ2n) is 6.28. The lowest BCUT2D eigenvalue weighted by Gasteiger charge is -2.28. The number of hydrogen-bond acceptors (Lipinski definition) is 4. The van der Waals surface area contributed by atoms with Gasteiger partial charge in [-0.1, -0.05) is 13.3 Å². The first-order valence-electron chi connectivity index (χ1n) is 8.20. The fourth-order valence-electron chi connectivity index (χ4n) is 2.85. The highest BCUT2D eigenvalue weighted by molar-refractivity contribution is 7.11. The molecule has 1 aliphatic rings. The highest BCUT2D eigenvalue weighted by Crippen LogP contribution is 2.26. The molecule has 1 aromatic heterocycles. The van der Waals surface area contributed by atoms with Crippen molar-refractivity contribution in [1.29, 1.82) is 0 Å². The first-order chi connectivity index (χ1) is 10.6. The summed E-state index contributed by atoms with van der Waals surface area (Å²) >= 11 is 1.79. The molecule has 1 aromatic rings. The lowest BCUT2D eigenvalue weighted by atomic mass is 9.98. The predicted molar refractivity (Wildman–Crippen MR) is 89.4 cm³/mol. The van der Waals surface area contributed by atoms with E-state index in [4.69, 9.17) is 0 Å². The van der Waals surface area contributed by atoms with Gasteiger partial charge in [-0.2, -0.15) is 0 Å². The summed E-state index contributed by atoms with van der Waals surface area (Å²) in [5.41, 5.74) is 0.727. The molecule has 1 aliphatic carbocycles. The molecule has 6 heteroatoms. The molecule has 0 bridgehead atoms. The van der Waals surface area contributed by atoms with Crippen molar-refractivity contribution in [1.82, 2.24) is 15.6 Å². The van der Waals surface area contributed by atoms with Crippen molar-refractivity contribution in [2.45, 2.75) is 64.3 Å². The van der Waals surface area contributed by atoms with Crippen LogP contribution in [0.15, 0.2) is 0 Å². The molecule has 0 aliphatic heterocycles. The average molecular weight is 325 g/mol. The van der Waals surface area contributed by atoms with Gasteiger partial charge in [0.25, 0.3) is 0 Å². The van der Waals surface area contributed by atoms with Crippen LogP contribution < -0.4 is 10.6 Å². The number of amides is 2. The van der Waals surface area contributed by atoms with E-state index in [9.17, 15) is 9.90 Å². The Morgan fingerprint density at radius 1 is 1.41 bits per heavy atom. The fourth-order valence-corrected chi connectivity index (χ4v) is 4.00. The highest BCUT2D eigenvalue weighted by atomic mass is 32.1. The van der Waals surface area contributed by atoms with Crippen LogP contribution in [0.5, 0.6) is 0 Å². The van der Waals surface area contributed by atoms with Gasteiger partial charge in [0.1, 0.15) is 0 Å². The predicted octanol–water partition coefficient (Wildman–Crippen LogP) is 2.41. The summed E-state index contributed by atoms with van der Waals surface area (Å²) in [6.45, 7) is 4.43. The summed E-state index contributed by atoms with van der Waals surface area (Å²) in [4.78, 5) is 18.0. The van der Waals surface area contributed by atoms with Crippen molar-refractivity contribution in [3.8, 4) is 0 Å². The molecule has 22 heavy (non-hydrogen) atoms. The number of aromatic nitrogens is 1. The fraction of sp³-hybridized carbons (Fsp3) is 0.750. The van der Waals surface area contributed by atoms with Gasteiger partial charge in [0.15, 0.2) is 0 Å². The van der Waals surface area contributed by atoms with Crippen LogP contribution >= 0.6 is 11.3 Å². The van der Waals surface area contributed by atoms with Gasteiger partial charge in [0, 0.05) is 17.8 Å². The number of nitrogens with zero attached hydrogens (tertiary/aromatic N) is 1. The largest absolute Gasteiger partial charge is 0.394 e. The Hall–Kier alpha value is -1.14. The van der Waals surface area contributed by atoms with Crippen LogP contribution in [0.2, 0.25) is 0 Å². The van der Waals surface area contributed by atoms with Crippen LogP contribution in [0.25, 0.3) is 0 Å². The van der Waals surface area contributed by atoms with Crippen LogP contribution in [0, 0.1) is 0 Å². The van der Waals surface area contributed by atoms with Gasteiger partial charge in [-0.3, -0.25) is 0 Å². The Morgan fingerprint density at radius 3 is 2.86 bits per heavy atom. The van der Waals surface area contributed by atoms with Gasteiger partial charge < -0.3 is 15.7 Å². The van der Waals surface area contributed by atoms with Crippen molar-refractivity contribution in [3.05, 3.63) is 15.6 Å². The minimum atomic E-state index is -0.543. The molecule has 3 N–H and O–H groups in total. The molecule has 0 radical (unpaired) electrons. The van der Waals surface area contributed by atoms with Crippen molar-refractivity contribution in [2.24, 2.45) is 0 Å². The van der Waals surface area contributed by atoms with Gasteiger partial charge in [-0.05, 0) is 39.0 Å². The van der Waals surface area contributed by atoms with E-state index >= 15 is 0 Å².